The summed E-state index contributed by atoms with van der Waals surface area (Å²) in [6.07, 6.45) is 4.05. The molecule has 2 aromatic rings. The number of benzene rings is 1. The first kappa shape index (κ1) is 10.9. The highest BCUT2D eigenvalue weighted by atomic mass is 16.3. The van der Waals surface area contributed by atoms with Crippen molar-refractivity contribution >= 4 is 0 Å². The maximum absolute atomic E-state index is 5.25. The van der Waals surface area contributed by atoms with E-state index in [1.807, 2.05) is 0 Å². The lowest BCUT2D eigenvalue weighted by Crippen LogP contribution is -2.11. The summed E-state index contributed by atoms with van der Waals surface area (Å²) >= 11 is 0. The van der Waals surface area contributed by atoms with E-state index in [2.05, 4.69) is 50.0 Å². The summed E-state index contributed by atoms with van der Waals surface area (Å²) in [5, 5.41) is 0. The molecule has 0 unspecified atom stereocenters. The van der Waals surface area contributed by atoms with Gasteiger partial charge in [-0.05, 0) is 16.5 Å². The van der Waals surface area contributed by atoms with Crippen LogP contribution in [0.1, 0.15) is 37.7 Å². The quantitative estimate of drug-likeness (QED) is 0.765. The second kappa shape index (κ2) is 4.12. The minimum absolute atomic E-state index is 0.192. The van der Waals surface area contributed by atoms with Gasteiger partial charge in [0.15, 0.2) is 6.39 Å². The molecule has 16 heavy (non-hydrogen) atoms. The Morgan fingerprint density at radius 2 is 2.06 bits per heavy atom. The third kappa shape index (κ3) is 2.51. The molecule has 84 valence electrons. The molecule has 0 N–H and O–H groups in total. The third-order valence-electron chi connectivity index (χ3n) is 2.65. The Bertz CT molecular complexity index is 452. The lowest BCUT2D eigenvalue weighted by Gasteiger charge is -2.19. The zero-order valence-corrected chi connectivity index (χ0v) is 10.0. The predicted molar refractivity (Wildman–Crippen MR) is 64.5 cm³/mol. The van der Waals surface area contributed by atoms with E-state index in [0.29, 0.717) is 0 Å². The number of aromatic nitrogens is 1. The van der Waals surface area contributed by atoms with Crippen LogP contribution >= 0.6 is 0 Å². The monoisotopic (exact) mass is 215 g/mol. The van der Waals surface area contributed by atoms with Gasteiger partial charge in [-0.2, -0.15) is 0 Å². The lowest BCUT2D eigenvalue weighted by molar-refractivity contribution is 0.514. The molecule has 1 aromatic carbocycles. The number of nitrogens with zero attached hydrogens (tertiary/aromatic N) is 1. The van der Waals surface area contributed by atoms with E-state index >= 15 is 0 Å². The van der Waals surface area contributed by atoms with E-state index < -0.39 is 0 Å². The molecule has 0 atom stereocenters. The van der Waals surface area contributed by atoms with Gasteiger partial charge in [-0.25, -0.2) is 4.98 Å². The fourth-order valence-electron chi connectivity index (χ4n) is 1.68. The molecule has 0 aliphatic heterocycles. The molecule has 2 heteroatoms. The SMILES string of the molecule is CC(C)(C)c1cccc(Cc2cnco2)c1. The Hall–Kier alpha value is -1.57. The fourth-order valence-corrected chi connectivity index (χ4v) is 1.68. The van der Waals surface area contributed by atoms with E-state index in [-0.39, 0.29) is 5.41 Å². The summed E-state index contributed by atoms with van der Waals surface area (Å²) in [7, 11) is 0. The van der Waals surface area contributed by atoms with Crippen molar-refractivity contribution in [3.63, 3.8) is 0 Å². The summed E-state index contributed by atoms with van der Waals surface area (Å²) < 4.78 is 5.25. The van der Waals surface area contributed by atoms with Gasteiger partial charge in [0, 0.05) is 6.42 Å². The summed E-state index contributed by atoms with van der Waals surface area (Å²) in [4.78, 5) is 3.92. The molecular weight excluding hydrogens is 198 g/mol. The Balaban J connectivity index is 2.23. The number of rotatable bonds is 2. The van der Waals surface area contributed by atoms with Crippen molar-refractivity contribution in [1.29, 1.82) is 0 Å². The van der Waals surface area contributed by atoms with E-state index in [1.54, 1.807) is 6.20 Å². The molecule has 2 nitrogen and oxygen atoms in total. The van der Waals surface area contributed by atoms with Crippen molar-refractivity contribution in [2.75, 3.05) is 0 Å². The highest BCUT2D eigenvalue weighted by Crippen LogP contribution is 2.23. The van der Waals surface area contributed by atoms with Crippen LogP contribution in [0.2, 0.25) is 0 Å². The van der Waals surface area contributed by atoms with Gasteiger partial charge >= 0.3 is 0 Å². The van der Waals surface area contributed by atoms with Gasteiger partial charge in [0.05, 0.1) is 6.20 Å². The van der Waals surface area contributed by atoms with Gasteiger partial charge in [0.25, 0.3) is 0 Å². The Morgan fingerprint density at radius 3 is 2.69 bits per heavy atom. The van der Waals surface area contributed by atoms with Crippen molar-refractivity contribution in [3.05, 3.63) is 53.7 Å². The fraction of sp³-hybridized carbons (Fsp3) is 0.357. The molecule has 0 saturated carbocycles. The van der Waals surface area contributed by atoms with Crippen LogP contribution in [0, 0.1) is 0 Å². The van der Waals surface area contributed by atoms with Crippen LogP contribution in [0.3, 0.4) is 0 Å². The van der Waals surface area contributed by atoms with Gasteiger partial charge in [-0.15, -0.1) is 0 Å². The second-order valence-corrected chi connectivity index (χ2v) is 5.09. The smallest absolute Gasteiger partial charge is 0.180 e. The molecule has 0 spiro atoms. The highest BCUT2D eigenvalue weighted by Gasteiger charge is 2.13. The largest absolute Gasteiger partial charge is 0.448 e. The van der Waals surface area contributed by atoms with E-state index in [4.69, 9.17) is 4.42 Å². The van der Waals surface area contributed by atoms with E-state index in [0.717, 1.165) is 12.2 Å². The molecule has 1 heterocycles. The van der Waals surface area contributed by atoms with Crippen molar-refractivity contribution < 1.29 is 4.42 Å². The maximum atomic E-state index is 5.25. The van der Waals surface area contributed by atoms with Gasteiger partial charge in [0.2, 0.25) is 0 Å². The van der Waals surface area contributed by atoms with Gasteiger partial charge < -0.3 is 4.42 Å². The standard InChI is InChI=1S/C14H17NO/c1-14(2,3)12-6-4-5-11(7-12)8-13-9-15-10-16-13/h4-7,9-10H,8H2,1-3H3. The average molecular weight is 215 g/mol. The van der Waals surface area contributed by atoms with Crippen LogP contribution < -0.4 is 0 Å². The first-order valence-electron chi connectivity index (χ1n) is 5.52. The lowest BCUT2D eigenvalue weighted by atomic mass is 9.86. The Kier molecular flexibility index (Phi) is 2.82. The van der Waals surface area contributed by atoms with Crippen LogP contribution in [0.25, 0.3) is 0 Å². The van der Waals surface area contributed by atoms with Crippen molar-refractivity contribution in [2.24, 2.45) is 0 Å². The van der Waals surface area contributed by atoms with Crippen LogP contribution in [0.5, 0.6) is 0 Å². The van der Waals surface area contributed by atoms with E-state index in [9.17, 15) is 0 Å². The Labute approximate surface area is 96.3 Å². The third-order valence-corrected chi connectivity index (χ3v) is 2.65. The minimum Gasteiger partial charge on any atom is -0.448 e. The molecule has 2 rings (SSSR count). The highest BCUT2D eigenvalue weighted by molar-refractivity contribution is 5.30. The molecule has 0 aliphatic carbocycles. The molecule has 0 radical (unpaired) electrons. The molecule has 0 fully saturated rings. The Morgan fingerprint density at radius 1 is 1.25 bits per heavy atom. The predicted octanol–water partition coefficient (Wildman–Crippen LogP) is 3.56. The topological polar surface area (TPSA) is 26.0 Å². The maximum Gasteiger partial charge on any atom is 0.180 e. The molecule has 0 amide bonds. The average Bonchev–Trinajstić information content (AvgIpc) is 2.70. The van der Waals surface area contributed by atoms with Crippen molar-refractivity contribution in [3.8, 4) is 0 Å². The molecule has 1 aromatic heterocycles. The summed E-state index contributed by atoms with van der Waals surface area (Å²) in [6, 6.07) is 8.64. The van der Waals surface area contributed by atoms with E-state index in [1.165, 1.54) is 17.5 Å². The second-order valence-electron chi connectivity index (χ2n) is 5.09. The first-order chi connectivity index (χ1) is 7.55. The zero-order chi connectivity index (χ0) is 11.6. The minimum atomic E-state index is 0.192. The number of oxazole rings is 1. The summed E-state index contributed by atoms with van der Waals surface area (Å²) in [5.41, 5.74) is 2.81. The van der Waals surface area contributed by atoms with Crippen LogP contribution in [-0.4, -0.2) is 4.98 Å². The van der Waals surface area contributed by atoms with Crippen molar-refractivity contribution in [2.45, 2.75) is 32.6 Å². The molecular formula is C14H17NO. The molecule has 0 aliphatic rings. The van der Waals surface area contributed by atoms with Crippen molar-refractivity contribution in [1.82, 2.24) is 4.98 Å². The van der Waals surface area contributed by atoms with Crippen LogP contribution in [-0.2, 0) is 11.8 Å². The molecule has 0 bridgehead atoms. The van der Waals surface area contributed by atoms with Gasteiger partial charge in [-0.3, -0.25) is 0 Å². The van der Waals surface area contributed by atoms with Gasteiger partial charge in [0.1, 0.15) is 5.76 Å². The van der Waals surface area contributed by atoms with Crippen LogP contribution in [0.4, 0.5) is 0 Å². The summed E-state index contributed by atoms with van der Waals surface area (Å²) in [6.45, 7) is 6.67. The first-order valence-corrected chi connectivity index (χ1v) is 5.52. The summed E-state index contributed by atoms with van der Waals surface area (Å²) in [5.74, 6) is 0.908. The van der Waals surface area contributed by atoms with Gasteiger partial charge in [-0.1, -0.05) is 45.0 Å². The normalized spacial score (nSPS) is 11.7. The zero-order valence-electron chi connectivity index (χ0n) is 10.0. The number of hydrogen-bond donors (Lipinski definition) is 0. The molecule has 0 saturated heterocycles. The number of hydrogen-bond acceptors (Lipinski definition) is 2. The van der Waals surface area contributed by atoms with Crippen LogP contribution in [0.15, 0.2) is 41.3 Å².